The molecule has 2 fully saturated rings. The van der Waals surface area contributed by atoms with E-state index in [-0.39, 0.29) is 26.1 Å². The molecule has 2 saturated heterocycles. The number of aliphatic hydroxyl groups excluding tert-OH is 1. The topological polar surface area (TPSA) is 181 Å². The second kappa shape index (κ2) is 14.3. The van der Waals surface area contributed by atoms with E-state index in [9.17, 15) is 29.4 Å². The molecule has 0 radical (unpaired) electrons. The Balaban J connectivity index is 1.80. The lowest BCUT2D eigenvalue weighted by Crippen LogP contribution is -2.78. The number of aliphatic hydroxyl groups is 1. The molecule has 4 unspecified atom stereocenters. The minimum Gasteiger partial charge on any atom is -0.480 e. The zero-order chi connectivity index (χ0) is 34.6. The highest BCUT2D eigenvalue weighted by molar-refractivity contribution is 5.86. The normalized spacial score (nSPS) is 26.9. The number of piperidine rings is 2. The number of carbonyl (C=O) groups excluding carboxylic acids is 3. The summed E-state index contributed by atoms with van der Waals surface area (Å²) in [5.41, 5.74) is -3.57. The number of pyridine rings is 2. The highest BCUT2D eigenvalue weighted by Gasteiger charge is 2.75. The summed E-state index contributed by atoms with van der Waals surface area (Å²) in [7, 11) is 4.10. The number of carboxylic acids is 1. The summed E-state index contributed by atoms with van der Waals surface area (Å²) in [5.74, 6) is -2.82. The molecule has 5 atom stereocenters. The molecule has 0 spiro atoms. The summed E-state index contributed by atoms with van der Waals surface area (Å²) < 4.78 is 16.0. The number of rotatable bonds is 11. The van der Waals surface area contributed by atoms with Crippen molar-refractivity contribution in [3.8, 4) is 0 Å². The summed E-state index contributed by atoms with van der Waals surface area (Å²) in [6, 6.07) is 7.25. The van der Waals surface area contributed by atoms with Crippen molar-refractivity contribution in [1.29, 1.82) is 0 Å². The molecule has 2 aliphatic heterocycles. The number of alkyl carbamates (subject to hydrolysis) is 1. The molecule has 1 amide bonds. The molecule has 2 aromatic heterocycles. The van der Waals surface area contributed by atoms with Crippen molar-refractivity contribution in [3.63, 3.8) is 0 Å². The van der Waals surface area contributed by atoms with Crippen molar-refractivity contribution in [2.75, 3.05) is 40.9 Å². The molecule has 47 heavy (non-hydrogen) atoms. The van der Waals surface area contributed by atoms with Gasteiger partial charge in [-0.25, -0.2) is 4.79 Å². The highest BCUT2D eigenvalue weighted by Crippen LogP contribution is 2.62. The van der Waals surface area contributed by atoms with Gasteiger partial charge in [-0.05, 0) is 71.3 Å². The van der Waals surface area contributed by atoms with Crippen LogP contribution in [0.3, 0.4) is 0 Å². The fourth-order valence-electron chi connectivity index (χ4n) is 7.33. The van der Waals surface area contributed by atoms with Crippen LogP contribution >= 0.6 is 0 Å². The van der Waals surface area contributed by atoms with Gasteiger partial charge < -0.3 is 29.7 Å². The largest absolute Gasteiger partial charge is 0.480 e. The molecular formula is C33H45N5O9. The van der Waals surface area contributed by atoms with E-state index in [1.165, 1.54) is 14.2 Å². The minimum atomic E-state index is -1.87. The molecule has 256 valence electrons. The lowest BCUT2D eigenvalue weighted by Gasteiger charge is -2.64. The number of likely N-dealkylation sites (tertiary alicyclic amines) is 2. The number of carboxylic acid groups (broad SMARTS) is 1. The van der Waals surface area contributed by atoms with Crippen molar-refractivity contribution in [2.45, 2.75) is 69.9 Å². The Morgan fingerprint density at radius 1 is 0.936 bits per heavy atom. The second-order valence-electron chi connectivity index (χ2n) is 13.1. The molecule has 14 heteroatoms. The standard InChI is InChI=1S/C33H45N5O9/c1-31(2,3)47-30(44)36-18-12-9-15-23(26(39)40)38-19-32(28(42)45-5)24(21-13-7-10-16-34-21)37(4)25(22-14-8-11-17-35-22)33(20-38,27(32)41)29(43)46-6/h7-8,10-11,13-14,16-17,23-25,27,41H,9,12,15,18-20H2,1-6H3,(H,36,44)(H,39,40)/t23-,24?,25?,27?,32?,33?/m0/s1. The number of fused-ring (bicyclic) bond motifs is 2. The Hall–Kier alpha value is -4.14. The molecule has 4 rings (SSSR count). The van der Waals surface area contributed by atoms with E-state index in [1.807, 2.05) is 0 Å². The van der Waals surface area contributed by atoms with Gasteiger partial charge in [-0.2, -0.15) is 0 Å². The van der Waals surface area contributed by atoms with Crippen molar-refractivity contribution in [2.24, 2.45) is 10.8 Å². The molecule has 2 aliphatic rings. The smallest absolute Gasteiger partial charge is 0.407 e. The summed E-state index contributed by atoms with van der Waals surface area (Å²) in [6.07, 6.45) is 1.81. The van der Waals surface area contributed by atoms with Crippen LogP contribution in [0.15, 0.2) is 48.8 Å². The molecule has 2 bridgehead atoms. The zero-order valence-corrected chi connectivity index (χ0v) is 27.7. The number of hydrogen-bond donors (Lipinski definition) is 3. The number of esters is 2. The van der Waals surface area contributed by atoms with Gasteiger partial charge in [0.1, 0.15) is 22.5 Å². The summed E-state index contributed by atoms with van der Waals surface area (Å²) in [6.45, 7) is 5.01. The van der Waals surface area contributed by atoms with Crippen LogP contribution in [0.5, 0.6) is 0 Å². The molecular weight excluding hydrogens is 610 g/mol. The van der Waals surface area contributed by atoms with Gasteiger partial charge in [0.05, 0.1) is 43.8 Å². The van der Waals surface area contributed by atoms with E-state index in [0.717, 1.165) is 0 Å². The first-order chi connectivity index (χ1) is 22.2. The van der Waals surface area contributed by atoms with Crippen molar-refractivity contribution < 1.29 is 43.6 Å². The quantitative estimate of drug-likeness (QED) is 0.183. The number of methoxy groups -OCH3 is 2. The number of ether oxygens (including phenoxy) is 3. The lowest BCUT2D eigenvalue weighted by molar-refractivity contribution is -0.253. The van der Waals surface area contributed by atoms with Gasteiger partial charge in [0, 0.05) is 32.0 Å². The van der Waals surface area contributed by atoms with Crippen LogP contribution in [-0.2, 0) is 28.6 Å². The molecule has 3 N–H and O–H groups in total. The fourth-order valence-corrected chi connectivity index (χ4v) is 7.33. The van der Waals surface area contributed by atoms with Crippen LogP contribution in [-0.4, -0.2) is 113 Å². The van der Waals surface area contributed by atoms with E-state index < -0.39 is 64.7 Å². The van der Waals surface area contributed by atoms with Crippen LogP contribution in [0.25, 0.3) is 0 Å². The number of aromatic nitrogens is 2. The average molecular weight is 656 g/mol. The number of carbonyl (C=O) groups is 4. The van der Waals surface area contributed by atoms with Crippen molar-refractivity contribution >= 4 is 24.0 Å². The minimum absolute atomic E-state index is 0.119. The summed E-state index contributed by atoms with van der Waals surface area (Å²) >= 11 is 0. The van der Waals surface area contributed by atoms with Crippen molar-refractivity contribution in [1.82, 2.24) is 25.1 Å². The predicted molar refractivity (Wildman–Crippen MR) is 168 cm³/mol. The Morgan fingerprint density at radius 2 is 1.45 bits per heavy atom. The zero-order valence-electron chi connectivity index (χ0n) is 27.7. The average Bonchev–Trinajstić information content (AvgIpc) is 3.03. The Kier molecular flexibility index (Phi) is 10.9. The van der Waals surface area contributed by atoms with Gasteiger partial charge in [-0.1, -0.05) is 12.1 Å². The summed E-state index contributed by atoms with van der Waals surface area (Å²) in [4.78, 5) is 65.6. The monoisotopic (exact) mass is 655 g/mol. The van der Waals surface area contributed by atoms with Gasteiger partial charge in [-0.3, -0.25) is 34.2 Å². The maximum Gasteiger partial charge on any atom is 0.407 e. The fraction of sp³-hybridized carbons (Fsp3) is 0.576. The van der Waals surface area contributed by atoms with Gasteiger partial charge in [-0.15, -0.1) is 0 Å². The van der Waals surface area contributed by atoms with Gasteiger partial charge >= 0.3 is 24.0 Å². The van der Waals surface area contributed by atoms with Gasteiger partial charge in [0.15, 0.2) is 0 Å². The van der Waals surface area contributed by atoms with Gasteiger partial charge in [0.25, 0.3) is 0 Å². The van der Waals surface area contributed by atoms with E-state index in [0.29, 0.717) is 24.2 Å². The van der Waals surface area contributed by atoms with Crippen LogP contribution in [0, 0.1) is 10.8 Å². The molecule has 0 saturated carbocycles. The first-order valence-electron chi connectivity index (χ1n) is 15.6. The molecule has 0 aromatic carbocycles. The summed E-state index contributed by atoms with van der Waals surface area (Å²) in [5, 5.41) is 25.7. The number of aliphatic carboxylic acids is 1. The third-order valence-corrected chi connectivity index (χ3v) is 9.06. The van der Waals surface area contributed by atoms with Crippen LogP contribution in [0.4, 0.5) is 4.79 Å². The number of unbranched alkanes of at least 4 members (excludes halogenated alkanes) is 1. The number of nitrogens with zero attached hydrogens (tertiary/aromatic N) is 4. The SMILES string of the molecule is COC(=O)C12CN([C@@H](CCCCNC(=O)OC(C)(C)C)C(=O)O)CC(C(=O)OC)(C(c3ccccn3)N(C)C1c1ccccn1)C2O. The third kappa shape index (κ3) is 6.81. The third-order valence-electron chi connectivity index (χ3n) is 9.06. The maximum absolute atomic E-state index is 14.1. The number of amides is 1. The number of hydrogen-bond acceptors (Lipinski definition) is 12. The van der Waals surface area contributed by atoms with E-state index in [1.54, 1.807) is 86.4 Å². The first kappa shape index (κ1) is 35.7. The van der Waals surface area contributed by atoms with E-state index in [2.05, 4.69) is 15.3 Å². The van der Waals surface area contributed by atoms with Gasteiger partial charge in [0.2, 0.25) is 0 Å². The first-order valence-corrected chi connectivity index (χ1v) is 15.6. The van der Waals surface area contributed by atoms with E-state index >= 15 is 0 Å². The molecule has 0 aliphatic carbocycles. The Morgan fingerprint density at radius 3 is 1.85 bits per heavy atom. The molecule has 2 aromatic rings. The lowest BCUT2D eigenvalue weighted by atomic mass is 9.53. The van der Waals surface area contributed by atoms with Crippen LogP contribution < -0.4 is 5.32 Å². The van der Waals surface area contributed by atoms with Crippen LogP contribution in [0.2, 0.25) is 0 Å². The van der Waals surface area contributed by atoms with E-state index in [4.69, 9.17) is 14.2 Å². The molecule has 4 heterocycles. The Labute approximate surface area is 274 Å². The predicted octanol–water partition coefficient (Wildman–Crippen LogP) is 2.35. The maximum atomic E-state index is 14.1. The van der Waals surface area contributed by atoms with Crippen LogP contribution in [0.1, 0.15) is 63.5 Å². The number of nitrogens with one attached hydrogen (secondary N) is 1. The Bertz CT molecular complexity index is 1350. The highest BCUT2D eigenvalue weighted by atomic mass is 16.6. The van der Waals surface area contributed by atoms with Crippen molar-refractivity contribution in [3.05, 3.63) is 60.2 Å². The molecule has 14 nitrogen and oxygen atoms in total. The second-order valence-corrected chi connectivity index (χ2v) is 13.1.